The Morgan fingerprint density at radius 3 is 2.55 bits per heavy atom. The fraction of sp³-hybridized carbons (Fsp3) is 0.385. The standard InChI is InChI=1S/C26H29Cl2NO4/c1-17(13-25(31)32)12-24(30)26-21-15-20(28)9-10-22(21)29(2)23(26)8-3-4-11-33-16-18-6-5-7-19(27)14-18/h5-7,9-10,14-15,17H,3-4,8,11-13,16H2,1-2H3,(H,31,32)/t17-/m0/s1. The van der Waals surface area contributed by atoms with E-state index >= 15 is 0 Å². The molecule has 0 spiro atoms. The number of benzene rings is 2. The number of aryl methyl sites for hydroxylation is 1. The Hall–Kier alpha value is -2.34. The van der Waals surface area contributed by atoms with E-state index in [1.807, 2.05) is 54.1 Å². The van der Waals surface area contributed by atoms with Gasteiger partial charge in [-0.1, -0.05) is 42.3 Å². The molecule has 2 aromatic carbocycles. The number of unbranched alkanes of at least 4 members (excludes halogenated alkanes) is 1. The average molecular weight is 490 g/mol. The lowest BCUT2D eigenvalue weighted by atomic mass is 9.94. The van der Waals surface area contributed by atoms with Crippen LogP contribution in [-0.4, -0.2) is 28.0 Å². The largest absolute Gasteiger partial charge is 0.481 e. The summed E-state index contributed by atoms with van der Waals surface area (Å²) in [7, 11) is 1.96. The van der Waals surface area contributed by atoms with Crippen molar-refractivity contribution in [2.45, 2.75) is 45.6 Å². The Balaban J connectivity index is 1.68. The van der Waals surface area contributed by atoms with E-state index in [2.05, 4.69) is 0 Å². The first-order valence-electron chi connectivity index (χ1n) is 11.1. The molecule has 0 fully saturated rings. The Bertz CT molecular complexity index is 1140. The van der Waals surface area contributed by atoms with E-state index in [9.17, 15) is 9.59 Å². The minimum atomic E-state index is -0.894. The molecule has 0 saturated carbocycles. The second-order valence-electron chi connectivity index (χ2n) is 8.51. The number of carboxylic acids is 1. The van der Waals surface area contributed by atoms with Crippen molar-refractivity contribution >= 4 is 45.9 Å². The van der Waals surface area contributed by atoms with Crippen LogP contribution >= 0.6 is 23.2 Å². The number of ether oxygens (including phenoxy) is 1. The van der Waals surface area contributed by atoms with Crippen LogP contribution in [0.4, 0.5) is 0 Å². The van der Waals surface area contributed by atoms with Crippen molar-refractivity contribution in [2.75, 3.05) is 6.61 Å². The molecule has 1 N–H and O–H groups in total. The zero-order valence-electron chi connectivity index (χ0n) is 18.9. The first-order valence-corrected chi connectivity index (χ1v) is 11.9. The minimum absolute atomic E-state index is 0.0312. The maximum Gasteiger partial charge on any atom is 0.303 e. The number of hydrogen-bond acceptors (Lipinski definition) is 3. The van der Waals surface area contributed by atoms with Gasteiger partial charge in [-0.15, -0.1) is 0 Å². The van der Waals surface area contributed by atoms with Gasteiger partial charge in [-0.3, -0.25) is 9.59 Å². The molecule has 0 amide bonds. The van der Waals surface area contributed by atoms with Crippen molar-refractivity contribution in [3.05, 3.63) is 69.3 Å². The van der Waals surface area contributed by atoms with E-state index in [0.29, 0.717) is 28.8 Å². The molecule has 5 nitrogen and oxygen atoms in total. The molecule has 0 saturated heterocycles. The Kier molecular flexibility index (Phi) is 8.95. The summed E-state index contributed by atoms with van der Waals surface area (Å²) < 4.78 is 7.83. The first-order chi connectivity index (χ1) is 15.8. The molecule has 1 heterocycles. The number of ketones is 1. The van der Waals surface area contributed by atoms with Gasteiger partial charge in [0.05, 0.1) is 6.61 Å². The maximum atomic E-state index is 13.2. The third-order valence-electron chi connectivity index (χ3n) is 5.73. The molecule has 176 valence electrons. The van der Waals surface area contributed by atoms with E-state index < -0.39 is 5.97 Å². The number of carboxylic acid groups (broad SMARTS) is 1. The number of Topliss-reactive ketones (excluding diaryl/α,β-unsaturated/α-hetero) is 1. The van der Waals surface area contributed by atoms with Gasteiger partial charge in [0.2, 0.25) is 0 Å². The third kappa shape index (κ3) is 6.83. The Labute approximate surface area is 204 Å². The predicted molar refractivity (Wildman–Crippen MR) is 132 cm³/mol. The topological polar surface area (TPSA) is 68.5 Å². The lowest BCUT2D eigenvalue weighted by Crippen LogP contribution is -2.12. The van der Waals surface area contributed by atoms with Crippen LogP contribution in [0.1, 0.15) is 54.2 Å². The summed E-state index contributed by atoms with van der Waals surface area (Å²) in [6.45, 7) is 2.92. The first kappa shape index (κ1) is 25.3. The number of fused-ring (bicyclic) bond motifs is 1. The molecule has 1 atom stereocenters. The van der Waals surface area contributed by atoms with Crippen molar-refractivity contribution in [3.63, 3.8) is 0 Å². The second-order valence-corrected chi connectivity index (χ2v) is 9.39. The SMILES string of the molecule is C[C@H](CC(=O)O)CC(=O)c1c(CCCCOCc2cccc(Cl)c2)n(C)c2ccc(Cl)cc12. The number of carbonyl (C=O) groups is 2. The van der Waals surface area contributed by atoms with Crippen LogP contribution in [0.5, 0.6) is 0 Å². The minimum Gasteiger partial charge on any atom is -0.481 e. The molecule has 0 aliphatic carbocycles. The van der Waals surface area contributed by atoms with Crippen molar-refractivity contribution in [2.24, 2.45) is 13.0 Å². The van der Waals surface area contributed by atoms with Gasteiger partial charge in [0.1, 0.15) is 0 Å². The highest BCUT2D eigenvalue weighted by molar-refractivity contribution is 6.31. The quantitative estimate of drug-likeness (QED) is 0.226. The van der Waals surface area contributed by atoms with E-state index in [1.54, 1.807) is 6.92 Å². The number of carbonyl (C=O) groups excluding carboxylic acids is 1. The van der Waals surface area contributed by atoms with Crippen LogP contribution in [0.2, 0.25) is 10.0 Å². The highest BCUT2D eigenvalue weighted by Gasteiger charge is 2.23. The van der Waals surface area contributed by atoms with Gasteiger partial charge < -0.3 is 14.4 Å². The van der Waals surface area contributed by atoms with Gasteiger partial charge in [0.25, 0.3) is 0 Å². The van der Waals surface area contributed by atoms with Crippen LogP contribution < -0.4 is 0 Å². The predicted octanol–water partition coefficient (Wildman–Crippen LogP) is 6.71. The fourth-order valence-corrected chi connectivity index (χ4v) is 4.56. The van der Waals surface area contributed by atoms with Gasteiger partial charge in [-0.2, -0.15) is 0 Å². The molecule has 0 aliphatic heterocycles. The normalized spacial score (nSPS) is 12.2. The maximum absolute atomic E-state index is 13.2. The summed E-state index contributed by atoms with van der Waals surface area (Å²) in [6, 6.07) is 13.2. The van der Waals surface area contributed by atoms with E-state index in [1.165, 1.54) is 0 Å². The van der Waals surface area contributed by atoms with Crippen molar-refractivity contribution in [1.29, 1.82) is 0 Å². The van der Waals surface area contributed by atoms with Gasteiger partial charge in [-0.25, -0.2) is 0 Å². The van der Waals surface area contributed by atoms with Crippen LogP contribution in [0.3, 0.4) is 0 Å². The molecule has 7 heteroatoms. The molecular formula is C26H29Cl2NO4. The molecule has 3 aromatic rings. The Morgan fingerprint density at radius 1 is 1.06 bits per heavy atom. The van der Waals surface area contributed by atoms with Gasteiger partial charge in [-0.05, 0) is 61.1 Å². The van der Waals surface area contributed by atoms with Crippen LogP contribution in [0.25, 0.3) is 10.9 Å². The number of aliphatic carboxylic acids is 1. The van der Waals surface area contributed by atoms with Gasteiger partial charge in [0, 0.05) is 58.7 Å². The number of rotatable bonds is 12. The van der Waals surface area contributed by atoms with E-state index in [4.69, 9.17) is 33.0 Å². The summed E-state index contributed by atoms with van der Waals surface area (Å²) >= 11 is 12.2. The summed E-state index contributed by atoms with van der Waals surface area (Å²) in [5.74, 6) is -1.17. The monoisotopic (exact) mass is 489 g/mol. The number of hydrogen-bond donors (Lipinski definition) is 1. The molecule has 0 aliphatic rings. The molecule has 0 unspecified atom stereocenters. The molecule has 0 bridgehead atoms. The van der Waals surface area contributed by atoms with Crippen molar-refractivity contribution < 1.29 is 19.4 Å². The fourth-order valence-electron chi connectivity index (χ4n) is 4.18. The van der Waals surface area contributed by atoms with Crippen molar-refractivity contribution in [3.8, 4) is 0 Å². The summed E-state index contributed by atoms with van der Waals surface area (Å²) in [6.07, 6.45) is 2.59. The van der Waals surface area contributed by atoms with Gasteiger partial charge in [0.15, 0.2) is 5.78 Å². The van der Waals surface area contributed by atoms with Crippen LogP contribution in [-0.2, 0) is 29.6 Å². The third-order valence-corrected chi connectivity index (χ3v) is 6.20. The lowest BCUT2D eigenvalue weighted by molar-refractivity contribution is -0.137. The van der Waals surface area contributed by atoms with E-state index in [-0.39, 0.29) is 24.5 Å². The zero-order chi connectivity index (χ0) is 24.0. The highest BCUT2D eigenvalue weighted by atomic mass is 35.5. The Morgan fingerprint density at radius 2 is 1.82 bits per heavy atom. The number of halogens is 2. The second kappa shape index (κ2) is 11.7. The highest BCUT2D eigenvalue weighted by Crippen LogP contribution is 2.31. The molecule has 33 heavy (non-hydrogen) atoms. The summed E-state index contributed by atoms with van der Waals surface area (Å²) in [5.41, 5.74) is 3.60. The van der Waals surface area contributed by atoms with Gasteiger partial charge >= 0.3 is 5.97 Å². The molecule has 3 rings (SSSR count). The summed E-state index contributed by atoms with van der Waals surface area (Å²) in [5, 5.41) is 11.1. The number of nitrogens with zero attached hydrogens (tertiary/aromatic N) is 1. The van der Waals surface area contributed by atoms with E-state index in [0.717, 1.165) is 41.4 Å². The molecular weight excluding hydrogens is 461 g/mol. The summed E-state index contributed by atoms with van der Waals surface area (Å²) in [4.78, 5) is 24.3. The average Bonchev–Trinajstić information content (AvgIpc) is 3.01. The molecule has 1 aromatic heterocycles. The lowest BCUT2D eigenvalue weighted by Gasteiger charge is -2.11. The zero-order valence-corrected chi connectivity index (χ0v) is 20.5. The molecule has 0 radical (unpaired) electrons. The van der Waals surface area contributed by atoms with Crippen molar-refractivity contribution in [1.82, 2.24) is 4.57 Å². The smallest absolute Gasteiger partial charge is 0.303 e. The van der Waals surface area contributed by atoms with Crippen LogP contribution in [0, 0.1) is 5.92 Å². The number of aromatic nitrogens is 1. The van der Waals surface area contributed by atoms with Crippen LogP contribution in [0.15, 0.2) is 42.5 Å².